The Morgan fingerprint density at radius 2 is 1.58 bits per heavy atom. The molecular formula is C15H20BBrO2. The molecule has 1 fully saturated rings. The molecule has 2 nitrogen and oxygen atoms in total. The van der Waals surface area contributed by atoms with E-state index in [0.29, 0.717) is 0 Å². The average Bonchev–Trinajstić information content (AvgIpc) is 2.56. The molecule has 19 heavy (non-hydrogen) atoms. The Balaban J connectivity index is 2.14. The second-order valence-corrected chi connectivity index (χ2v) is 6.46. The molecule has 0 unspecified atom stereocenters. The van der Waals surface area contributed by atoms with Crippen molar-refractivity contribution < 1.29 is 9.31 Å². The minimum Gasteiger partial charge on any atom is -0.399 e. The SMILES string of the molecule is CC1(C)OB(c2ccc(C=CCBr)cc2)OC1(C)C. The number of hydrogen-bond donors (Lipinski definition) is 0. The van der Waals surface area contributed by atoms with Crippen LogP contribution in [0.4, 0.5) is 0 Å². The van der Waals surface area contributed by atoms with Crippen LogP contribution >= 0.6 is 15.9 Å². The average molecular weight is 323 g/mol. The molecule has 0 amide bonds. The fraction of sp³-hybridized carbons (Fsp3) is 0.467. The number of allylic oxidation sites excluding steroid dienone is 1. The minimum absolute atomic E-state index is 0.279. The van der Waals surface area contributed by atoms with Crippen LogP contribution in [0.15, 0.2) is 30.3 Å². The van der Waals surface area contributed by atoms with E-state index in [2.05, 4.69) is 80.0 Å². The van der Waals surface area contributed by atoms with Gasteiger partial charge in [0.05, 0.1) is 11.2 Å². The van der Waals surface area contributed by atoms with Crippen molar-refractivity contribution in [1.29, 1.82) is 0 Å². The van der Waals surface area contributed by atoms with Gasteiger partial charge in [-0.15, -0.1) is 0 Å². The Labute approximate surface area is 124 Å². The van der Waals surface area contributed by atoms with Crippen molar-refractivity contribution >= 4 is 34.6 Å². The van der Waals surface area contributed by atoms with Crippen molar-refractivity contribution in [3.8, 4) is 0 Å². The maximum absolute atomic E-state index is 6.02. The molecule has 102 valence electrons. The Morgan fingerprint density at radius 3 is 2.05 bits per heavy atom. The molecule has 0 aromatic heterocycles. The summed E-state index contributed by atoms with van der Waals surface area (Å²) in [7, 11) is -0.279. The molecular weight excluding hydrogens is 303 g/mol. The maximum atomic E-state index is 6.02. The lowest BCUT2D eigenvalue weighted by molar-refractivity contribution is 0.00578. The van der Waals surface area contributed by atoms with E-state index in [1.165, 1.54) is 5.56 Å². The highest BCUT2D eigenvalue weighted by atomic mass is 79.9. The molecule has 1 aromatic carbocycles. The molecule has 4 heteroatoms. The van der Waals surface area contributed by atoms with Crippen LogP contribution in [0, 0.1) is 0 Å². The van der Waals surface area contributed by atoms with E-state index in [0.717, 1.165) is 10.8 Å². The van der Waals surface area contributed by atoms with Gasteiger partial charge < -0.3 is 9.31 Å². The van der Waals surface area contributed by atoms with Crippen molar-refractivity contribution in [2.45, 2.75) is 38.9 Å². The van der Waals surface area contributed by atoms with Crippen molar-refractivity contribution in [1.82, 2.24) is 0 Å². The number of rotatable bonds is 3. The zero-order chi connectivity index (χ0) is 14.1. The predicted octanol–water partition coefficient (Wildman–Crippen LogP) is 3.39. The minimum atomic E-state index is -0.286. The summed E-state index contributed by atoms with van der Waals surface area (Å²) in [5.41, 5.74) is 1.67. The lowest BCUT2D eigenvalue weighted by atomic mass is 9.79. The highest BCUT2D eigenvalue weighted by molar-refractivity contribution is 9.09. The lowest BCUT2D eigenvalue weighted by Gasteiger charge is -2.32. The highest BCUT2D eigenvalue weighted by Crippen LogP contribution is 2.36. The molecule has 0 aliphatic carbocycles. The number of hydrogen-bond acceptors (Lipinski definition) is 2. The predicted molar refractivity (Wildman–Crippen MR) is 85.0 cm³/mol. The smallest absolute Gasteiger partial charge is 0.399 e. The van der Waals surface area contributed by atoms with Crippen LogP contribution in [0.2, 0.25) is 0 Å². The standard InChI is InChI=1S/C15H20BBrO2/c1-14(2)15(3,4)19-16(18-14)13-9-7-12(8-10-13)6-5-11-17/h5-10H,11H2,1-4H3. The highest BCUT2D eigenvalue weighted by Gasteiger charge is 2.51. The van der Waals surface area contributed by atoms with Crippen molar-refractivity contribution in [3.63, 3.8) is 0 Å². The van der Waals surface area contributed by atoms with E-state index < -0.39 is 0 Å². The molecule has 0 N–H and O–H groups in total. The summed E-state index contributed by atoms with van der Waals surface area (Å²) in [4.78, 5) is 0. The van der Waals surface area contributed by atoms with Gasteiger partial charge in [0.2, 0.25) is 0 Å². The van der Waals surface area contributed by atoms with Crippen LogP contribution in [-0.2, 0) is 9.31 Å². The fourth-order valence-electron chi connectivity index (χ4n) is 1.92. The summed E-state index contributed by atoms with van der Waals surface area (Å²) in [6.45, 7) is 8.28. The molecule has 1 aliphatic rings. The third-order valence-corrected chi connectivity index (χ3v) is 4.24. The molecule has 0 saturated carbocycles. The van der Waals surface area contributed by atoms with Crippen molar-refractivity contribution in [3.05, 3.63) is 35.9 Å². The van der Waals surface area contributed by atoms with Gasteiger partial charge in [-0.2, -0.15) is 0 Å². The first kappa shape index (κ1) is 14.8. The van der Waals surface area contributed by atoms with Crippen molar-refractivity contribution in [2.75, 3.05) is 5.33 Å². The zero-order valence-electron chi connectivity index (χ0n) is 11.9. The molecule has 0 atom stereocenters. The van der Waals surface area contributed by atoms with Gasteiger partial charge in [0.15, 0.2) is 0 Å². The summed E-state index contributed by atoms with van der Waals surface area (Å²) in [6.07, 6.45) is 4.16. The number of alkyl halides is 1. The number of benzene rings is 1. The van der Waals surface area contributed by atoms with Gasteiger partial charge in [0.25, 0.3) is 0 Å². The second-order valence-electron chi connectivity index (χ2n) is 5.81. The van der Waals surface area contributed by atoms with Gasteiger partial charge in [-0.05, 0) is 38.7 Å². The van der Waals surface area contributed by atoms with E-state index in [1.807, 2.05) is 0 Å². The first-order valence-corrected chi connectivity index (χ1v) is 7.66. The first-order valence-electron chi connectivity index (χ1n) is 6.54. The van der Waals surface area contributed by atoms with E-state index in [-0.39, 0.29) is 18.3 Å². The Hall–Kier alpha value is -0.575. The molecule has 1 saturated heterocycles. The van der Waals surface area contributed by atoms with Crippen LogP contribution in [0.1, 0.15) is 33.3 Å². The third kappa shape index (κ3) is 3.12. The largest absolute Gasteiger partial charge is 0.494 e. The molecule has 1 aromatic rings. The maximum Gasteiger partial charge on any atom is 0.494 e. The Kier molecular flexibility index (Phi) is 4.24. The van der Waals surface area contributed by atoms with E-state index in [1.54, 1.807) is 0 Å². The molecule has 1 heterocycles. The lowest BCUT2D eigenvalue weighted by Crippen LogP contribution is -2.41. The molecule has 0 radical (unpaired) electrons. The summed E-state index contributed by atoms with van der Waals surface area (Å²) < 4.78 is 12.0. The second kappa shape index (κ2) is 5.43. The molecule has 2 rings (SSSR count). The monoisotopic (exact) mass is 322 g/mol. The van der Waals surface area contributed by atoms with Gasteiger partial charge in [-0.1, -0.05) is 52.3 Å². The Morgan fingerprint density at radius 1 is 1.05 bits per heavy atom. The summed E-state index contributed by atoms with van der Waals surface area (Å²) in [5.74, 6) is 0. The quantitative estimate of drug-likeness (QED) is 0.627. The first-order chi connectivity index (χ1) is 8.86. The fourth-order valence-corrected chi connectivity index (χ4v) is 2.11. The van der Waals surface area contributed by atoms with E-state index >= 15 is 0 Å². The van der Waals surface area contributed by atoms with Crippen molar-refractivity contribution in [2.24, 2.45) is 0 Å². The van der Waals surface area contributed by atoms with Gasteiger partial charge in [0.1, 0.15) is 0 Å². The van der Waals surface area contributed by atoms with Crippen LogP contribution in [0.3, 0.4) is 0 Å². The molecule has 0 spiro atoms. The zero-order valence-corrected chi connectivity index (χ0v) is 13.5. The normalized spacial score (nSPS) is 21.2. The summed E-state index contributed by atoms with van der Waals surface area (Å²) in [5, 5.41) is 0.867. The van der Waals surface area contributed by atoms with Crippen LogP contribution in [0.25, 0.3) is 6.08 Å². The third-order valence-electron chi connectivity index (χ3n) is 3.86. The summed E-state index contributed by atoms with van der Waals surface area (Å²) in [6, 6.07) is 8.30. The van der Waals surface area contributed by atoms with Gasteiger partial charge in [-0.25, -0.2) is 0 Å². The summed E-state index contributed by atoms with van der Waals surface area (Å²) >= 11 is 3.37. The van der Waals surface area contributed by atoms with Crippen LogP contribution in [0.5, 0.6) is 0 Å². The van der Waals surface area contributed by atoms with Crippen LogP contribution < -0.4 is 5.46 Å². The van der Waals surface area contributed by atoms with E-state index in [4.69, 9.17) is 9.31 Å². The van der Waals surface area contributed by atoms with Gasteiger partial charge in [-0.3, -0.25) is 0 Å². The van der Waals surface area contributed by atoms with Gasteiger partial charge in [0, 0.05) is 5.33 Å². The topological polar surface area (TPSA) is 18.5 Å². The Bertz CT molecular complexity index is 450. The number of halogens is 1. The van der Waals surface area contributed by atoms with Crippen LogP contribution in [-0.4, -0.2) is 23.7 Å². The molecule has 1 aliphatic heterocycles. The molecule has 0 bridgehead atoms. The van der Waals surface area contributed by atoms with Gasteiger partial charge >= 0.3 is 7.12 Å². The van der Waals surface area contributed by atoms with E-state index in [9.17, 15) is 0 Å².